The van der Waals surface area contributed by atoms with E-state index in [9.17, 15) is 10.1 Å². The van der Waals surface area contributed by atoms with Crippen molar-refractivity contribution in [2.24, 2.45) is 5.10 Å². The van der Waals surface area contributed by atoms with Crippen LogP contribution in [0.25, 0.3) is 11.4 Å². The molecule has 0 aliphatic carbocycles. The Hall–Kier alpha value is -3.00. The number of nitro groups is 1. The standard InChI is InChI=1S/C15H9N5O2S/c21-20(22)12-6-7-13-11(8-12)9-16-19-14(17-18-15(19)23-13)10-4-2-1-3-5-10/h1-9H. The number of hydrogen-bond acceptors (Lipinski definition) is 6. The van der Waals surface area contributed by atoms with Crippen LogP contribution in [0.5, 0.6) is 0 Å². The second kappa shape index (κ2) is 5.33. The van der Waals surface area contributed by atoms with Gasteiger partial charge < -0.3 is 0 Å². The van der Waals surface area contributed by atoms with Crippen molar-refractivity contribution in [1.29, 1.82) is 0 Å². The highest BCUT2D eigenvalue weighted by Crippen LogP contribution is 2.34. The molecule has 4 rings (SSSR count). The molecule has 0 fully saturated rings. The van der Waals surface area contributed by atoms with Gasteiger partial charge in [-0.1, -0.05) is 30.3 Å². The normalized spacial score (nSPS) is 12.3. The lowest BCUT2D eigenvalue weighted by Crippen LogP contribution is -1.94. The minimum atomic E-state index is -0.417. The van der Waals surface area contributed by atoms with Crippen molar-refractivity contribution in [1.82, 2.24) is 14.9 Å². The molecular formula is C15H9N5O2S. The first-order chi connectivity index (χ1) is 11.2. The van der Waals surface area contributed by atoms with Crippen LogP contribution in [0.3, 0.4) is 0 Å². The van der Waals surface area contributed by atoms with E-state index in [-0.39, 0.29) is 5.69 Å². The zero-order valence-electron chi connectivity index (χ0n) is 11.7. The number of nitro benzene ring substituents is 1. The molecule has 0 spiro atoms. The molecule has 7 nitrogen and oxygen atoms in total. The summed E-state index contributed by atoms with van der Waals surface area (Å²) in [4.78, 5) is 11.3. The van der Waals surface area contributed by atoms with Gasteiger partial charge in [0.1, 0.15) is 0 Å². The van der Waals surface area contributed by atoms with E-state index in [0.717, 1.165) is 10.5 Å². The van der Waals surface area contributed by atoms with Gasteiger partial charge in [-0.05, 0) is 17.8 Å². The Balaban J connectivity index is 1.81. The molecule has 0 atom stereocenters. The van der Waals surface area contributed by atoms with Crippen LogP contribution in [0, 0.1) is 10.1 Å². The van der Waals surface area contributed by atoms with E-state index < -0.39 is 4.92 Å². The van der Waals surface area contributed by atoms with E-state index in [1.54, 1.807) is 17.0 Å². The summed E-state index contributed by atoms with van der Waals surface area (Å²) < 4.78 is 1.64. The number of nitrogens with zero attached hydrogens (tertiary/aromatic N) is 5. The molecule has 0 amide bonds. The molecule has 112 valence electrons. The summed E-state index contributed by atoms with van der Waals surface area (Å²) in [5.74, 6) is 0.631. The number of hydrogen-bond donors (Lipinski definition) is 0. The van der Waals surface area contributed by atoms with Crippen molar-refractivity contribution < 1.29 is 4.92 Å². The lowest BCUT2D eigenvalue weighted by atomic mass is 10.2. The zero-order chi connectivity index (χ0) is 15.8. The summed E-state index contributed by atoms with van der Waals surface area (Å²) in [6.45, 7) is 0. The lowest BCUT2D eigenvalue weighted by Gasteiger charge is -2.01. The van der Waals surface area contributed by atoms with E-state index in [0.29, 0.717) is 16.5 Å². The maximum Gasteiger partial charge on any atom is 0.270 e. The Bertz CT molecular complexity index is 936. The molecule has 0 N–H and O–H groups in total. The Kier molecular flexibility index (Phi) is 3.16. The van der Waals surface area contributed by atoms with Crippen LogP contribution in [-0.2, 0) is 0 Å². The number of aromatic nitrogens is 3. The van der Waals surface area contributed by atoms with Gasteiger partial charge in [0.25, 0.3) is 5.69 Å². The predicted molar refractivity (Wildman–Crippen MR) is 85.7 cm³/mol. The Morgan fingerprint density at radius 3 is 2.70 bits per heavy atom. The van der Waals surface area contributed by atoms with Crippen molar-refractivity contribution in [3.05, 3.63) is 64.2 Å². The van der Waals surface area contributed by atoms with E-state index in [1.165, 1.54) is 23.9 Å². The first kappa shape index (κ1) is 13.6. The summed E-state index contributed by atoms with van der Waals surface area (Å²) in [6.07, 6.45) is 1.60. The monoisotopic (exact) mass is 323 g/mol. The van der Waals surface area contributed by atoms with Crippen molar-refractivity contribution in [2.45, 2.75) is 10.1 Å². The molecule has 1 aliphatic heterocycles. The van der Waals surface area contributed by atoms with Gasteiger partial charge in [0.15, 0.2) is 5.82 Å². The van der Waals surface area contributed by atoms with Gasteiger partial charge in [-0.2, -0.15) is 9.78 Å². The molecule has 1 aliphatic rings. The molecule has 0 bridgehead atoms. The Labute approximate surface area is 134 Å². The Morgan fingerprint density at radius 2 is 1.91 bits per heavy atom. The van der Waals surface area contributed by atoms with Crippen molar-refractivity contribution >= 4 is 23.7 Å². The van der Waals surface area contributed by atoms with Crippen LogP contribution >= 0.6 is 11.8 Å². The van der Waals surface area contributed by atoms with Gasteiger partial charge in [-0.25, -0.2) is 0 Å². The molecule has 0 radical (unpaired) electrons. The first-order valence-corrected chi connectivity index (χ1v) is 7.55. The molecule has 0 unspecified atom stereocenters. The molecule has 2 aromatic carbocycles. The minimum absolute atomic E-state index is 0.0387. The van der Waals surface area contributed by atoms with Gasteiger partial charge >= 0.3 is 0 Å². The average molecular weight is 323 g/mol. The molecule has 1 aromatic heterocycles. The summed E-state index contributed by atoms with van der Waals surface area (Å²) in [6, 6.07) is 14.3. The summed E-state index contributed by atoms with van der Waals surface area (Å²) in [5.41, 5.74) is 1.63. The first-order valence-electron chi connectivity index (χ1n) is 6.74. The lowest BCUT2D eigenvalue weighted by molar-refractivity contribution is -0.384. The number of fused-ring (bicyclic) bond motifs is 2. The van der Waals surface area contributed by atoms with Crippen molar-refractivity contribution in [2.75, 3.05) is 0 Å². The number of benzene rings is 2. The van der Waals surface area contributed by atoms with Gasteiger partial charge in [-0.3, -0.25) is 10.1 Å². The molecule has 0 saturated carbocycles. The molecule has 8 heteroatoms. The van der Waals surface area contributed by atoms with E-state index in [1.807, 2.05) is 30.3 Å². The second-order valence-electron chi connectivity index (χ2n) is 4.81. The molecule has 2 heterocycles. The average Bonchev–Trinajstić information content (AvgIpc) is 2.88. The maximum atomic E-state index is 10.9. The van der Waals surface area contributed by atoms with Crippen LogP contribution in [0.1, 0.15) is 5.56 Å². The van der Waals surface area contributed by atoms with Crippen LogP contribution in [-0.4, -0.2) is 26.0 Å². The fourth-order valence-corrected chi connectivity index (χ4v) is 3.13. The van der Waals surface area contributed by atoms with Crippen molar-refractivity contribution in [3.63, 3.8) is 0 Å². The van der Waals surface area contributed by atoms with Crippen LogP contribution in [0.4, 0.5) is 5.69 Å². The third-order valence-corrected chi connectivity index (χ3v) is 4.39. The second-order valence-corrected chi connectivity index (χ2v) is 5.82. The third kappa shape index (κ3) is 2.38. The minimum Gasteiger partial charge on any atom is -0.258 e. The van der Waals surface area contributed by atoms with Gasteiger partial charge in [0, 0.05) is 28.2 Å². The topological polar surface area (TPSA) is 86.2 Å². The highest BCUT2D eigenvalue weighted by atomic mass is 32.2. The highest BCUT2D eigenvalue weighted by Gasteiger charge is 2.19. The molecule has 0 saturated heterocycles. The predicted octanol–water partition coefficient (Wildman–Crippen LogP) is 3.20. The SMILES string of the molecule is O=[N+]([O-])c1ccc2c(c1)C=Nn1c(nnc1-c1ccccc1)S2. The smallest absolute Gasteiger partial charge is 0.258 e. The molecular weight excluding hydrogens is 314 g/mol. The largest absolute Gasteiger partial charge is 0.270 e. The third-order valence-electron chi connectivity index (χ3n) is 3.36. The molecule has 3 aromatic rings. The summed E-state index contributed by atoms with van der Waals surface area (Å²) >= 11 is 1.38. The van der Waals surface area contributed by atoms with Crippen molar-refractivity contribution in [3.8, 4) is 11.4 Å². The fourth-order valence-electron chi connectivity index (χ4n) is 2.26. The Morgan fingerprint density at radius 1 is 1.09 bits per heavy atom. The highest BCUT2D eigenvalue weighted by molar-refractivity contribution is 7.99. The van der Waals surface area contributed by atoms with Gasteiger partial charge in [0.2, 0.25) is 5.16 Å². The quantitative estimate of drug-likeness (QED) is 0.417. The van der Waals surface area contributed by atoms with Crippen LogP contribution in [0.15, 0.2) is 63.7 Å². The maximum absolute atomic E-state index is 10.9. The molecule has 23 heavy (non-hydrogen) atoms. The van der Waals surface area contributed by atoms with E-state index in [2.05, 4.69) is 15.3 Å². The zero-order valence-corrected chi connectivity index (χ0v) is 12.5. The van der Waals surface area contributed by atoms with E-state index >= 15 is 0 Å². The summed E-state index contributed by atoms with van der Waals surface area (Å²) in [7, 11) is 0. The van der Waals surface area contributed by atoms with Crippen LogP contribution in [0.2, 0.25) is 0 Å². The van der Waals surface area contributed by atoms with Gasteiger partial charge in [-0.15, -0.1) is 10.2 Å². The number of rotatable bonds is 2. The number of non-ortho nitro benzene ring substituents is 1. The fraction of sp³-hybridized carbons (Fsp3) is 0. The van der Waals surface area contributed by atoms with Gasteiger partial charge in [0.05, 0.1) is 11.1 Å². The summed E-state index contributed by atoms with van der Waals surface area (Å²) in [5, 5.41) is 24.3. The van der Waals surface area contributed by atoms with Crippen LogP contribution < -0.4 is 0 Å². The van der Waals surface area contributed by atoms with E-state index in [4.69, 9.17) is 0 Å².